The van der Waals surface area contributed by atoms with Crippen molar-refractivity contribution in [2.75, 3.05) is 13.1 Å². The molecule has 0 bridgehead atoms. The fourth-order valence-corrected chi connectivity index (χ4v) is 2.88. The highest BCUT2D eigenvalue weighted by Crippen LogP contribution is 2.31. The van der Waals surface area contributed by atoms with E-state index in [-0.39, 0.29) is 0 Å². The van der Waals surface area contributed by atoms with Gasteiger partial charge in [-0.15, -0.1) is 0 Å². The van der Waals surface area contributed by atoms with Crippen LogP contribution in [0.15, 0.2) is 24.5 Å². The number of carbonyl (C=O) groups is 1. The lowest BCUT2D eigenvalue weighted by atomic mass is 10.2. The molecule has 5 nitrogen and oxygen atoms in total. The van der Waals surface area contributed by atoms with E-state index in [4.69, 9.17) is 5.11 Å². The molecule has 0 aliphatic carbocycles. The molecule has 3 rings (SSSR count). The maximum absolute atomic E-state index is 11.1. The summed E-state index contributed by atoms with van der Waals surface area (Å²) < 4.78 is 1.92. The van der Waals surface area contributed by atoms with Crippen LogP contribution in [-0.2, 0) is 0 Å². The minimum atomic E-state index is -0.902. The Morgan fingerprint density at radius 2 is 2.37 bits per heavy atom. The first kappa shape index (κ1) is 12.2. The highest BCUT2D eigenvalue weighted by molar-refractivity contribution is 5.87. The Labute approximate surface area is 111 Å². The van der Waals surface area contributed by atoms with E-state index in [2.05, 4.69) is 16.8 Å². The Morgan fingerprint density at radius 3 is 3.11 bits per heavy atom. The van der Waals surface area contributed by atoms with E-state index in [1.165, 1.54) is 6.42 Å². The van der Waals surface area contributed by atoms with E-state index in [0.717, 1.165) is 30.9 Å². The molecule has 100 valence electrons. The lowest BCUT2D eigenvalue weighted by molar-refractivity contribution is 0.0696. The van der Waals surface area contributed by atoms with Gasteiger partial charge in [-0.2, -0.15) is 0 Å². The molecular weight excluding hydrogens is 242 g/mol. The summed E-state index contributed by atoms with van der Waals surface area (Å²) in [7, 11) is 0. The van der Waals surface area contributed by atoms with Crippen LogP contribution in [0.1, 0.15) is 42.0 Å². The third kappa shape index (κ3) is 2.00. The zero-order valence-corrected chi connectivity index (χ0v) is 10.9. The zero-order chi connectivity index (χ0) is 13.4. The standard InChI is InChI=1S/C14H17N3O2/c1-2-16-7-3-4-12(16)13-15-8-11-6-5-10(14(18)19)9-17(11)13/h5-6,8-9,12H,2-4,7H2,1H3,(H,18,19). The minimum Gasteiger partial charge on any atom is -0.478 e. The van der Waals surface area contributed by atoms with Crippen LogP contribution in [-0.4, -0.2) is 38.4 Å². The molecule has 2 aromatic rings. The number of nitrogens with zero attached hydrogens (tertiary/aromatic N) is 3. The average Bonchev–Trinajstić information content (AvgIpc) is 3.03. The predicted octanol–water partition coefficient (Wildman–Crippen LogP) is 2.19. The van der Waals surface area contributed by atoms with E-state index in [9.17, 15) is 4.79 Å². The Kier molecular flexibility index (Phi) is 2.98. The van der Waals surface area contributed by atoms with Crippen LogP contribution in [0.2, 0.25) is 0 Å². The van der Waals surface area contributed by atoms with Crippen molar-refractivity contribution in [3.63, 3.8) is 0 Å². The van der Waals surface area contributed by atoms with E-state index in [1.54, 1.807) is 12.3 Å². The topological polar surface area (TPSA) is 57.8 Å². The van der Waals surface area contributed by atoms with Crippen molar-refractivity contribution < 1.29 is 9.90 Å². The average molecular weight is 259 g/mol. The van der Waals surface area contributed by atoms with Crippen LogP contribution in [0.4, 0.5) is 0 Å². The first-order chi connectivity index (χ1) is 9.20. The van der Waals surface area contributed by atoms with Gasteiger partial charge in [0.2, 0.25) is 0 Å². The second kappa shape index (κ2) is 4.66. The summed E-state index contributed by atoms with van der Waals surface area (Å²) in [5, 5.41) is 9.09. The van der Waals surface area contributed by atoms with Crippen LogP contribution in [0.5, 0.6) is 0 Å². The molecule has 1 aliphatic rings. The van der Waals surface area contributed by atoms with Gasteiger partial charge in [0, 0.05) is 6.20 Å². The van der Waals surface area contributed by atoms with Gasteiger partial charge in [0.15, 0.2) is 0 Å². The summed E-state index contributed by atoms with van der Waals surface area (Å²) in [6, 6.07) is 3.73. The fourth-order valence-electron chi connectivity index (χ4n) is 2.88. The van der Waals surface area contributed by atoms with Gasteiger partial charge in [0.05, 0.1) is 23.3 Å². The normalized spacial score (nSPS) is 20.2. The molecule has 1 saturated heterocycles. The van der Waals surface area contributed by atoms with Crippen LogP contribution < -0.4 is 0 Å². The second-order valence-electron chi connectivity index (χ2n) is 4.92. The zero-order valence-electron chi connectivity index (χ0n) is 10.9. The number of hydrogen-bond donors (Lipinski definition) is 1. The highest BCUT2D eigenvalue weighted by Gasteiger charge is 2.28. The van der Waals surface area contributed by atoms with Gasteiger partial charge in [0.1, 0.15) is 5.82 Å². The fraction of sp³-hybridized carbons (Fsp3) is 0.429. The molecule has 0 aromatic carbocycles. The Hall–Kier alpha value is -1.88. The van der Waals surface area contributed by atoms with Crippen molar-refractivity contribution in [2.45, 2.75) is 25.8 Å². The molecule has 3 heterocycles. The molecule has 0 spiro atoms. The third-order valence-electron chi connectivity index (χ3n) is 3.87. The van der Waals surface area contributed by atoms with Gasteiger partial charge in [0.25, 0.3) is 0 Å². The smallest absolute Gasteiger partial charge is 0.337 e. The van der Waals surface area contributed by atoms with E-state index < -0.39 is 5.97 Å². The Bertz CT molecular complexity index is 620. The lowest BCUT2D eigenvalue weighted by Gasteiger charge is -2.21. The number of rotatable bonds is 3. The monoisotopic (exact) mass is 259 g/mol. The molecule has 1 aliphatic heterocycles. The highest BCUT2D eigenvalue weighted by atomic mass is 16.4. The number of aromatic carboxylic acids is 1. The quantitative estimate of drug-likeness (QED) is 0.918. The number of pyridine rings is 1. The predicted molar refractivity (Wildman–Crippen MR) is 71.4 cm³/mol. The number of fused-ring (bicyclic) bond motifs is 1. The number of aromatic nitrogens is 2. The Morgan fingerprint density at radius 1 is 1.53 bits per heavy atom. The van der Waals surface area contributed by atoms with Crippen LogP contribution in [0.25, 0.3) is 5.52 Å². The van der Waals surface area contributed by atoms with E-state index in [0.29, 0.717) is 11.6 Å². The molecule has 19 heavy (non-hydrogen) atoms. The van der Waals surface area contributed by atoms with Crippen molar-refractivity contribution in [3.8, 4) is 0 Å². The summed E-state index contributed by atoms with van der Waals surface area (Å²) in [4.78, 5) is 18.0. The summed E-state index contributed by atoms with van der Waals surface area (Å²) in [6.45, 7) is 4.24. The number of carboxylic acid groups (broad SMARTS) is 1. The first-order valence-corrected chi connectivity index (χ1v) is 6.65. The summed E-state index contributed by atoms with van der Waals surface area (Å²) in [5.41, 5.74) is 1.25. The largest absolute Gasteiger partial charge is 0.478 e. The van der Waals surface area contributed by atoms with Crippen molar-refractivity contribution in [1.82, 2.24) is 14.3 Å². The first-order valence-electron chi connectivity index (χ1n) is 6.65. The maximum Gasteiger partial charge on any atom is 0.337 e. The molecule has 0 amide bonds. The van der Waals surface area contributed by atoms with Gasteiger partial charge in [-0.25, -0.2) is 9.78 Å². The van der Waals surface area contributed by atoms with Crippen molar-refractivity contribution in [2.24, 2.45) is 0 Å². The number of carboxylic acids is 1. The maximum atomic E-state index is 11.1. The Balaban J connectivity index is 2.08. The molecule has 1 unspecified atom stereocenters. The molecule has 0 saturated carbocycles. The van der Waals surface area contributed by atoms with Gasteiger partial charge >= 0.3 is 5.97 Å². The minimum absolute atomic E-state index is 0.299. The molecule has 5 heteroatoms. The summed E-state index contributed by atoms with van der Waals surface area (Å²) in [6.07, 6.45) is 5.75. The summed E-state index contributed by atoms with van der Waals surface area (Å²) in [5.74, 6) is 0.0535. The van der Waals surface area contributed by atoms with E-state index in [1.807, 2.05) is 16.7 Å². The number of likely N-dealkylation sites (tertiary alicyclic amines) is 1. The molecule has 1 N–H and O–H groups in total. The molecule has 0 radical (unpaired) electrons. The SMILES string of the molecule is CCN1CCCC1c1ncc2ccc(C(=O)O)cn12. The number of imidazole rings is 1. The van der Waals surface area contributed by atoms with Crippen LogP contribution >= 0.6 is 0 Å². The number of hydrogen-bond acceptors (Lipinski definition) is 3. The van der Waals surface area contributed by atoms with Gasteiger partial charge < -0.3 is 9.51 Å². The van der Waals surface area contributed by atoms with Gasteiger partial charge in [-0.05, 0) is 38.1 Å². The van der Waals surface area contributed by atoms with Crippen molar-refractivity contribution in [1.29, 1.82) is 0 Å². The van der Waals surface area contributed by atoms with Crippen molar-refractivity contribution in [3.05, 3.63) is 35.9 Å². The lowest BCUT2D eigenvalue weighted by Crippen LogP contribution is -2.24. The van der Waals surface area contributed by atoms with Crippen molar-refractivity contribution >= 4 is 11.5 Å². The molecule has 1 atom stereocenters. The van der Waals surface area contributed by atoms with Crippen LogP contribution in [0.3, 0.4) is 0 Å². The molecule has 1 fully saturated rings. The third-order valence-corrected chi connectivity index (χ3v) is 3.87. The molecule has 2 aromatic heterocycles. The van der Waals surface area contributed by atoms with E-state index >= 15 is 0 Å². The second-order valence-corrected chi connectivity index (χ2v) is 4.92. The summed E-state index contributed by atoms with van der Waals surface area (Å²) >= 11 is 0. The van der Waals surface area contributed by atoms with Gasteiger partial charge in [-0.3, -0.25) is 4.90 Å². The van der Waals surface area contributed by atoms with Crippen LogP contribution in [0, 0.1) is 0 Å². The molecular formula is C14H17N3O2. The van der Waals surface area contributed by atoms with Gasteiger partial charge in [-0.1, -0.05) is 6.92 Å².